The van der Waals surface area contributed by atoms with Crippen LogP contribution in [0.25, 0.3) is 0 Å². The first-order chi connectivity index (χ1) is 17.1. The molecule has 3 aromatic rings. The molecule has 3 atom stereocenters. The minimum Gasteiger partial charge on any atom is -0.325 e. The fourth-order valence-corrected chi connectivity index (χ4v) is 4.39. The lowest BCUT2D eigenvalue weighted by Crippen LogP contribution is -2.36. The number of hydrogen-bond acceptors (Lipinski definition) is 3. The topological polar surface area (TPSA) is 59.0 Å². The Hall–Kier alpha value is -3.34. The fourth-order valence-electron chi connectivity index (χ4n) is 4.39. The molecule has 0 bridgehead atoms. The van der Waals surface area contributed by atoms with E-state index in [0.717, 1.165) is 24.3 Å². The summed E-state index contributed by atoms with van der Waals surface area (Å²) in [5.41, 5.74) is -0.805. The third-order valence-corrected chi connectivity index (χ3v) is 6.32. The molecule has 1 aliphatic heterocycles. The molecule has 4 rings (SSSR count). The largest absolute Gasteiger partial charge is 0.416 e. The average Bonchev–Trinajstić information content (AvgIpc) is 3.46. The van der Waals surface area contributed by atoms with Crippen LogP contribution in [-0.2, 0) is 22.7 Å². The van der Waals surface area contributed by atoms with Crippen molar-refractivity contribution in [3.63, 3.8) is 0 Å². The van der Waals surface area contributed by atoms with E-state index in [4.69, 9.17) is 0 Å². The molecule has 11 heteroatoms. The van der Waals surface area contributed by atoms with Gasteiger partial charge in [0.1, 0.15) is 0 Å². The van der Waals surface area contributed by atoms with Crippen LogP contribution in [0.1, 0.15) is 61.5 Å². The predicted molar refractivity (Wildman–Crippen MR) is 126 cm³/mol. The standard InChI is InChI=1S/C26H26F6N4O/c1-24(2,3)36-12-11-20(35-36)19-14-21(23(37)33-18-6-4-5-17(13-18)26(30,31)32)34-22(19)15-7-9-16(10-8-15)25(27,28)29/h4-13,19,21-22,34H,14H2,1-3H3,(H,33,37)/t19-,21+,22+/m1/s1. The number of nitrogens with zero attached hydrogens (tertiary/aromatic N) is 2. The van der Waals surface area contributed by atoms with Gasteiger partial charge in [0.2, 0.25) is 5.91 Å². The highest BCUT2D eigenvalue weighted by Gasteiger charge is 2.41. The average molecular weight is 525 g/mol. The Balaban J connectivity index is 1.61. The van der Waals surface area contributed by atoms with Crippen LogP contribution in [0.15, 0.2) is 60.8 Å². The van der Waals surface area contributed by atoms with Gasteiger partial charge in [0.25, 0.3) is 0 Å². The second-order valence-corrected chi connectivity index (χ2v) is 10.1. The minimum absolute atomic E-state index is 0.00633. The van der Waals surface area contributed by atoms with Crippen molar-refractivity contribution in [3.05, 3.63) is 83.2 Å². The predicted octanol–water partition coefficient (Wildman–Crippen LogP) is 6.50. The van der Waals surface area contributed by atoms with Crippen molar-refractivity contribution in [3.8, 4) is 0 Å². The van der Waals surface area contributed by atoms with Crippen molar-refractivity contribution in [1.29, 1.82) is 0 Å². The number of amides is 1. The number of alkyl halides is 6. The van der Waals surface area contributed by atoms with Crippen LogP contribution in [0.2, 0.25) is 0 Å². The van der Waals surface area contributed by atoms with Gasteiger partial charge in [0, 0.05) is 23.8 Å². The van der Waals surface area contributed by atoms with Gasteiger partial charge in [0.15, 0.2) is 0 Å². The van der Waals surface area contributed by atoms with E-state index in [2.05, 4.69) is 15.7 Å². The Kier molecular flexibility index (Phi) is 6.87. The lowest BCUT2D eigenvalue weighted by molar-refractivity contribution is -0.138. The highest BCUT2D eigenvalue weighted by atomic mass is 19.4. The zero-order valence-corrected chi connectivity index (χ0v) is 20.3. The molecule has 2 heterocycles. The molecule has 1 aromatic heterocycles. The van der Waals surface area contributed by atoms with Crippen molar-refractivity contribution >= 4 is 11.6 Å². The molecule has 5 nitrogen and oxygen atoms in total. The highest BCUT2D eigenvalue weighted by molar-refractivity contribution is 5.95. The van der Waals surface area contributed by atoms with E-state index in [1.807, 2.05) is 26.8 Å². The summed E-state index contributed by atoms with van der Waals surface area (Å²) in [5, 5.41) is 10.3. The quantitative estimate of drug-likeness (QED) is 0.383. The van der Waals surface area contributed by atoms with Crippen LogP contribution in [0.5, 0.6) is 0 Å². The number of hydrogen-bond donors (Lipinski definition) is 2. The van der Waals surface area contributed by atoms with E-state index in [0.29, 0.717) is 11.3 Å². The molecule has 1 saturated heterocycles. The summed E-state index contributed by atoms with van der Waals surface area (Å²) >= 11 is 0. The molecule has 37 heavy (non-hydrogen) atoms. The molecule has 198 valence electrons. The summed E-state index contributed by atoms with van der Waals surface area (Å²) in [6.45, 7) is 5.90. The molecule has 0 spiro atoms. The van der Waals surface area contributed by atoms with E-state index >= 15 is 0 Å². The Morgan fingerprint density at radius 1 is 0.946 bits per heavy atom. The molecule has 1 amide bonds. The van der Waals surface area contributed by atoms with E-state index < -0.39 is 41.5 Å². The number of halogens is 6. The monoisotopic (exact) mass is 524 g/mol. The first-order valence-corrected chi connectivity index (χ1v) is 11.6. The van der Waals surface area contributed by atoms with Crippen molar-refractivity contribution < 1.29 is 31.1 Å². The lowest BCUT2D eigenvalue weighted by Gasteiger charge is -2.21. The van der Waals surface area contributed by atoms with E-state index in [1.54, 1.807) is 10.9 Å². The summed E-state index contributed by atoms with van der Waals surface area (Å²) in [4.78, 5) is 13.1. The normalized spacial score (nSPS) is 20.7. The summed E-state index contributed by atoms with van der Waals surface area (Å²) in [6, 6.07) is 9.47. The van der Waals surface area contributed by atoms with Gasteiger partial charge < -0.3 is 5.32 Å². The van der Waals surface area contributed by atoms with Gasteiger partial charge in [0.05, 0.1) is 28.4 Å². The number of aromatic nitrogens is 2. The second-order valence-electron chi connectivity index (χ2n) is 10.1. The Labute approximate surface area is 209 Å². The molecule has 0 unspecified atom stereocenters. The number of carbonyl (C=O) groups excluding carboxylic acids is 1. The number of anilines is 1. The maximum Gasteiger partial charge on any atom is 0.416 e. The summed E-state index contributed by atoms with van der Waals surface area (Å²) in [5.74, 6) is -0.911. The summed E-state index contributed by atoms with van der Waals surface area (Å²) < 4.78 is 80.2. The van der Waals surface area contributed by atoms with Crippen LogP contribution in [0, 0.1) is 0 Å². The van der Waals surface area contributed by atoms with Gasteiger partial charge in [-0.2, -0.15) is 31.4 Å². The number of carbonyl (C=O) groups is 1. The molecule has 1 aliphatic rings. The van der Waals surface area contributed by atoms with Crippen molar-refractivity contribution in [2.75, 3.05) is 5.32 Å². The molecule has 0 saturated carbocycles. The first-order valence-electron chi connectivity index (χ1n) is 11.6. The van der Waals surface area contributed by atoms with Crippen LogP contribution >= 0.6 is 0 Å². The number of rotatable bonds is 4. The first kappa shape index (κ1) is 26.7. The molecule has 2 N–H and O–H groups in total. The van der Waals surface area contributed by atoms with Crippen molar-refractivity contribution in [2.24, 2.45) is 0 Å². The Morgan fingerprint density at radius 2 is 1.59 bits per heavy atom. The van der Waals surface area contributed by atoms with Gasteiger partial charge in [-0.15, -0.1) is 0 Å². The van der Waals surface area contributed by atoms with E-state index in [9.17, 15) is 31.1 Å². The maximum atomic E-state index is 13.1. The fraction of sp³-hybridized carbons (Fsp3) is 0.385. The molecule has 1 fully saturated rings. The van der Waals surface area contributed by atoms with Crippen LogP contribution in [0.3, 0.4) is 0 Å². The highest BCUT2D eigenvalue weighted by Crippen LogP contribution is 2.41. The molecular formula is C26H26F6N4O. The zero-order chi connectivity index (χ0) is 27.2. The van der Waals surface area contributed by atoms with Gasteiger partial charge in [-0.05, 0) is 69.2 Å². The van der Waals surface area contributed by atoms with Gasteiger partial charge >= 0.3 is 12.4 Å². The summed E-state index contributed by atoms with van der Waals surface area (Å²) in [7, 11) is 0. The van der Waals surface area contributed by atoms with E-state index in [1.165, 1.54) is 24.3 Å². The van der Waals surface area contributed by atoms with Crippen LogP contribution in [-0.4, -0.2) is 21.7 Å². The van der Waals surface area contributed by atoms with Gasteiger partial charge in [-0.1, -0.05) is 18.2 Å². The molecule has 0 radical (unpaired) electrons. The van der Waals surface area contributed by atoms with Crippen molar-refractivity contribution in [2.45, 2.75) is 63.1 Å². The lowest BCUT2D eigenvalue weighted by atomic mass is 9.90. The van der Waals surface area contributed by atoms with Crippen molar-refractivity contribution in [1.82, 2.24) is 15.1 Å². The summed E-state index contributed by atoms with van der Waals surface area (Å²) in [6.07, 6.45) is -7.00. The van der Waals surface area contributed by atoms with Gasteiger partial charge in [-0.3, -0.25) is 14.8 Å². The SMILES string of the molecule is CC(C)(C)n1ccc([C@H]2C[C@@H](C(=O)Nc3cccc(C(F)(F)F)c3)N[C@H]2c2ccc(C(F)(F)F)cc2)n1. The Morgan fingerprint density at radius 3 is 2.16 bits per heavy atom. The van der Waals surface area contributed by atoms with Gasteiger partial charge in [-0.25, -0.2) is 0 Å². The minimum atomic E-state index is -4.56. The molecule has 0 aliphatic carbocycles. The smallest absolute Gasteiger partial charge is 0.325 e. The third kappa shape index (κ3) is 5.98. The third-order valence-electron chi connectivity index (χ3n) is 6.32. The van der Waals surface area contributed by atoms with Crippen LogP contribution in [0.4, 0.5) is 32.0 Å². The number of benzene rings is 2. The Bertz CT molecular complexity index is 1260. The zero-order valence-electron chi connectivity index (χ0n) is 20.3. The van der Waals surface area contributed by atoms with Crippen LogP contribution < -0.4 is 10.6 Å². The second kappa shape index (κ2) is 9.51. The number of nitrogens with one attached hydrogen (secondary N) is 2. The molecular weight excluding hydrogens is 498 g/mol. The maximum absolute atomic E-state index is 13.1. The molecule has 2 aromatic carbocycles. The van der Waals surface area contributed by atoms with E-state index in [-0.39, 0.29) is 23.6 Å².